The third-order valence-corrected chi connectivity index (χ3v) is 4.69. The van der Waals surface area contributed by atoms with Crippen LogP contribution in [0.5, 0.6) is 0 Å². The molecule has 0 radical (unpaired) electrons. The first-order valence-electron chi connectivity index (χ1n) is 6.93. The number of thioether (sulfide) groups is 1. The predicted octanol–water partition coefficient (Wildman–Crippen LogP) is 3.88. The summed E-state index contributed by atoms with van der Waals surface area (Å²) in [6.07, 6.45) is 0. The van der Waals surface area contributed by atoms with E-state index in [9.17, 15) is 4.79 Å². The molecule has 2 rings (SSSR count). The molecule has 1 aromatic carbocycles. The summed E-state index contributed by atoms with van der Waals surface area (Å²) >= 11 is 3.25. The number of aromatic nitrogens is 1. The van der Waals surface area contributed by atoms with Gasteiger partial charge in [0.05, 0.1) is 11.4 Å². The molecule has 112 valence electrons. The Labute approximate surface area is 134 Å². The maximum absolute atomic E-state index is 11.6. The second kappa shape index (κ2) is 7.61. The fourth-order valence-corrected chi connectivity index (χ4v) is 3.47. The lowest BCUT2D eigenvalue weighted by molar-refractivity contribution is -0.119. The second-order valence-corrected chi connectivity index (χ2v) is 7.07. The first-order valence-corrected chi connectivity index (χ1v) is 8.96. The molecule has 0 bridgehead atoms. The number of aryl methyl sites for hydroxylation is 1. The van der Waals surface area contributed by atoms with Gasteiger partial charge in [-0.15, -0.1) is 23.1 Å². The number of amides is 1. The quantitative estimate of drug-likeness (QED) is 0.878. The van der Waals surface area contributed by atoms with Crippen molar-refractivity contribution in [3.05, 3.63) is 40.9 Å². The molecule has 21 heavy (non-hydrogen) atoms. The zero-order valence-corrected chi connectivity index (χ0v) is 14.2. The molecule has 0 atom stereocenters. The molecule has 0 unspecified atom stereocenters. The summed E-state index contributed by atoms with van der Waals surface area (Å²) in [5.74, 6) is 1.34. The lowest BCUT2D eigenvalue weighted by Gasteiger charge is -2.07. The molecule has 0 aliphatic carbocycles. The zero-order valence-electron chi connectivity index (χ0n) is 12.6. The van der Waals surface area contributed by atoms with E-state index in [-0.39, 0.29) is 11.9 Å². The second-order valence-electron chi connectivity index (χ2n) is 5.23. The van der Waals surface area contributed by atoms with Gasteiger partial charge in [0.25, 0.3) is 0 Å². The summed E-state index contributed by atoms with van der Waals surface area (Å²) in [7, 11) is 0. The summed E-state index contributed by atoms with van der Waals surface area (Å²) in [6.45, 7) is 6.02. The van der Waals surface area contributed by atoms with Crippen molar-refractivity contribution < 1.29 is 4.79 Å². The Morgan fingerprint density at radius 3 is 2.71 bits per heavy atom. The maximum atomic E-state index is 11.6. The molecular formula is C16H20N2OS2. The summed E-state index contributed by atoms with van der Waals surface area (Å²) < 4.78 is 0. The number of hydrogen-bond donors (Lipinski definition) is 1. The van der Waals surface area contributed by atoms with Crippen LogP contribution in [0.1, 0.15) is 25.1 Å². The van der Waals surface area contributed by atoms with Gasteiger partial charge < -0.3 is 5.32 Å². The lowest BCUT2D eigenvalue weighted by atomic mass is 10.2. The number of hydrogen-bond acceptors (Lipinski definition) is 4. The third-order valence-electron chi connectivity index (χ3n) is 2.78. The Morgan fingerprint density at radius 2 is 2.05 bits per heavy atom. The van der Waals surface area contributed by atoms with Crippen LogP contribution in [0.4, 0.5) is 0 Å². The highest BCUT2D eigenvalue weighted by atomic mass is 32.2. The molecule has 1 amide bonds. The molecule has 0 saturated carbocycles. The fraction of sp³-hybridized carbons (Fsp3) is 0.375. The first kappa shape index (κ1) is 16.0. The molecule has 3 nitrogen and oxygen atoms in total. The van der Waals surface area contributed by atoms with Crippen molar-refractivity contribution in [1.82, 2.24) is 10.3 Å². The number of nitrogens with one attached hydrogen (secondary N) is 1. The van der Waals surface area contributed by atoms with Crippen LogP contribution in [0.15, 0.2) is 29.6 Å². The molecule has 1 aromatic heterocycles. The third kappa shape index (κ3) is 5.17. The van der Waals surface area contributed by atoms with E-state index >= 15 is 0 Å². The summed E-state index contributed by atoms with van der Waals surface area (Å²) in [6, 6.07) is 8.59. The summed E-state index contributed by atoms with van der Waals surface area (Å²) in [4.78, 5) is 16.2. The molecule has 0 saturated heterocycles. The van der Waals surface area contributed by atoms with Gasteiger partial charge >= 0.3 is 0 Å². The van der Waals surface area contributed by atoms with Gasteiger partial charge in [0, 0.05) is 22.7 Å². The smallest absolute Gasteiger partial charge is 0.230 e. The average Bonchev–Trinajstić information content (AvgIpc) is 2.87. The highest BCUT2D eigenvalue weighted by Gasteiger charge is 2.07. The van der Waals surface area contributed by atoms with Gasteiger partial charge in [-0.2, -0.15) is 0 Å². The highest BCUT2D eigenvalue weighted by Crippen LogP contribution is 2.25. The van der Waals surface area contributed by atoms with Crippen LogP contribution in [0.3, 0.4) is 0 Å². The van der Waals surface area contributed by atoms with Crippen molar-refractivity contribution >= 4 is 29.0 Å². The maximum Gasteiger partial charge on any atom is 0.230 e. The lowest BCUT2D eigenvalue weighted by Crippen LogP contribution is -2.31. The van der Waals surface area contributed by atoms with Crippen LogP contribution < -0.4 is 5.32 Å². The predicted molar refractivity (Wildman–Crippen MR) is 91.7 cm³/mol. The van der Waals surface area contributed by atoms with Crippen LogP contribution in [0.2, 0.25) is 0 Å². The number of rotatable bonds is 6. The van der Waals surface area contributed by atoms with Crippen molar-refractivity contribution in [1.29, 1.82) is 0 Å². The van der Waals surface area contributed by atoms with Crippen molar-refractivity contribution in [2.24, 2.45) is 0 Å². The number of carbonyl (C=O) groups excluding carboxylic acids is 1. The van der Waals surface area contributed by atoms with E-state index in [4.69, 9.17) is 0 Å². The van der Waals surface area contributed by atoms with Gasteiger partial charge in [-0.05, 0) is 20.8 Å². The molecular weight excluding hydrogens is 300 g/mol. The largest absolute Gasteiger partial charge is 0.353 e. The van der Waals surface area contributed by atoms with Crippen LogP contribution in [0, 0.1) is 6.92 Å². The van der Waals surface area contributed by atoms with E-state index in [0.717, 1.165) is 22.0 Å². The van der Waals surface area contributed by atoms with Crippen molar-refractivity contribution in [3.63, 3.8) is 0 Å². The van der Waals surface area contributed by atoms with E-state index < -0.39 is 0 Å². The topological polar surface area (TPSA) is 42.0 Å². The minimum absolute atomic E-state index is 0.0870. The van der Waals surface area contributed by atoms with Gasteiger partial charge in [0.2, 0.25) is 5.91 Å². The minimum atomic E-state index is 0.0870. The van der Waals surface area contributed by atoms with E-state index in [1.165, 1.54) is 5.56 Å². The molecule has 0 spiro atoms. The number of benzene rings is 1. The monoisotopic (exact) mass is 320 g/mol. The Morgan fingerprint density at radius 1 is 1.33 bits per heavy atom. The normalized spacial score (nSPS) is 10.9. The van der Waals surface area contributed by atoms with Crippen molar-refractivity contribution in [2.45, 2.75) is 32.6 Å². The molecule has 1 heterocycles. The Hall–Kier alpha value is -1.33. The average molecular weight is 320 g/mol. The van der Waals surface area contributed by atoms with E-state index in [0.29, 0.717) is 5.75 Å². The van der Waals surface area contributed by atoms with Gasteiger partial charge in [-0.25, -0.2) is 4.98 Å². The molecule has 2 aromatic rings. The zero-order chi connectivity index (χ0) is 15.2. The van der Waals surface area contributed by atoms with E-state index in [1.807, 2.05) is 13.8 Å². The molecule has 0 aliphatic rings. The number of carbonyl (C=O) groups is 1. The molecule has 0 aliphatic heterocycles. The highest BCUT2D eigenvalue weighted by molar-refractivity contribution is 7.99. The standard InChI is InChI=1S/C16H20N2OS2/c1-11(2)17-15(19)10-20-8-14-9-21-16(18-14)13-6-4-12(3)5-7-13/h4-7,9,11H,8,10H2,1-3H3,(H,17,19). The van der Waals surface area contributed by atoms with Crippen molar-refractivity contribution in [2.75, 3.05) is 5.75 Å². The van der Waals surface area contributed by atoms with Gasteiger partial charge in [0.15, 0.2) is 0 Å². The van der Waals surface area contributed by atoms with Crippen LogP contribution in [-0.4, -0.2) is 22.7 Å². The van der Waals surface area contributed by atoms with Crippen LogP contribution in [-0.2, 0) is 10.5 Å². The molecule has 0 fully saturated rings. The Balaban J connectivity index is 1.86. The van der Waals surface area contributed by atoms with Gasteiger partial charge in [0.1, 0.15) is 5.01 Å². The number of nitrogens with zero attached hydrogens (tertiary/aromatic N) is 1. The number of thiazole rings is 1. The van der Waals surface area contributed by atoms with Gasteiger partial charge in [-0.1, -0.05) is 29.8 Å². The van der Waals surface area contributed by atoms with E-state index in [1.54, 1.807) is 23.1 Å². The Kier molecular flexibility index (Phi) is 5.82. The molecule has 5 heteroatoms. The van der Waals surface area contributed by atoms with Crippen molar-refractivity contribution in [3.8, 4) is 10.6 Å². The summed E-state index contributed by atoms with van der Waals surface area (Å²) in [5.41, 5.74) is 3.44. The SMILES string of the molecule is Cc1ccc(-c2nc(CSCC(=O)NC(C)C)cs2)cc1. The van der Waals surface area contributed by atoms with Crippen LogP contribution in [0.25, 0.3) is 10.6 Å². The Bertz CT molecular complexity index is 591. The van der Waals surface area contributed by atoms with E-state index in [2.05, 4.69) is 46.9 Å². The fourth-order valence-electron chi connectivity index (χ4n) is 1.81. The van der Waals surface area contributed by atoms with Crippen LogP contribution >= 0.6 is 23.1 Å². The first-order chi connectivity index (χ1) is 10.0. The summed E-state index contributed by atoms with van der Waals surface area (Å²) in [5, 5.41) is 6.00. The van der Waals surface area contributed by atoms with Gasteiger partial charge in [-0.3, -0.25) is 4.79 Å². The minimum Gasteiger partial charge on any atom is -0.353 e. The molecule has 1 N–H and O–H groups in total.